The van der Waals surface area contributed by atoms with E-state index in [0.29, 0.717) is 5.69 Å². The molecule has 3 rings (SSSR count). The number of hydrogen-bond donors (Lipinski definition) is 0. The maximum absolute atomic E-state index is 13.3. The summed E-state index contributed by atoms with van der Waals surface area (Å²) < 4.78 is 28.0. The molecular weight excluding hydrogens is 356 g/mol. The van der Waals surface area contributed by atoms with Crippen LogP contribution >= 0.6 is 0 Å². The summed E-state index contributed by atoms with van der Waals surface area (Å²) in [6.45, 7) is 4.11. The van der Waals surface area contributed by atoms with Gasteiger partial charge in [-0.25, -0.2) is 8.42 Å². The minimum atomic E-state index is -3.69. The lowest BCUT2D eigenvalue weighted by molar-refractivity contribution is 0.590. The average Bonchev–Trinajstić information content (AvgIpc) is 2.68. The fourth-order valence-electron chi connectivity index (χ4n) is 2.74. The average molecular weight is 378 g/mol. The van der Waals surface area contributed by atoms with Gasteiger partial charge in [0.2, 0.25) is 0 Å². The summed E-state index contributed by atoms with van der Waals surface area (Å²) in [5.41, 5.74) is 3.27. The molecule has 3 aromatic rings. The Balaban J connectivity index is 2.04. The standard InChI is InChI=1S/C22H22N2O2S/c1-18(2)23-20-13-15-21(16-14-20)24(17-19-9-5-3-6-10-19)27(25,26)22-11-7-4-8-12-22/h3-16H,17H2,1-2H3. The first kappa shape index (κ1) is 18.9. The quantitative estimate of drug-likeness (QED) is 0.554. The van der Waals surface area contributed by atoms with Gasteiger partial charge in [-0.05, 0) is 55.8 Å². The van der Waals surface area contributed by atoms with Crippen LogP contribution in [0.5, 0.6) is 0 Å². The molecule has 0 heterocycles. The van der Waals surface area contributed by atoms with E-state index in [1.165, 1.54) is 4.31 Å². The van der Waals surface area contributed by atoms with Gasteiger partial charge in [-0.15, -0.1) is 0 Å². The van der Waals surface area contributed by atoms with Crippen molar-refractivity contribution in [1.82, 2.24) is 0 Å². The fraction of sp³-hybridized carbons (Fsp3) is 0.136. The SMILES string of the molecule is CC(C)=Nc1ccc(N(Cc2ccccc2)S(=O)(=O)c2ccccc2)cc1. The zero-order valence-corrected chi connectivity index (χ0v) is 16.2. The smallest absolute Gasteiger partial charge is 0.262 e. The number of rotatable bonds is 6. The molecule has 0 aliphatic heterocycles. The lowest BCUT2D eigenvalue weighted by Gasteiger charge is -2.25. The van der Waals surface area contributed by atoms with Gasteiger partial charge in [0, 0.05) is 5.71 Å². The van der Waals surface area contributed by atoms with Gasteiger partial charge >= 0.3 is 0 Å². The summed E-state index contributed by atoms with van der Waals surface area (Å²) in [5, 5.41) is 0. The highest BCUT2D eigenvalue weighted by Crippen LogP contribution is 2.28. The minimum Gasteiger partial charge on any atom is -0.262 e. The van der Waals surface area contributed by atoms with E-state index in [4.69, 9.17) is 0 Å². The molecule has 0 spiro atoms. The number of nitrogens with zero attached hydrogens (tertiary/aromatic N) is 2. The fourth-order valence-corrected chi connectivity index (χ4v) is 4.21. The molecule has 0 aromatic heterocycles. The summed E-state index contributed by atoms with van der Waals surface area (Å²) in [4.78, 5) is 4.68. The van der Waals surface area contributed by atoms with Crippen LogP contribution in [0.2, 0.25) is 0 Å². The molecule has 3 aromatic carbocycles. The molecule has 0 radical (unpaired) electrons. The number of sulfonamides is 1. The van der Waals surface area contributed by atoms with E-state index in [1.807, 2.05) is 56.3 Å². The Morgan fingerprint density at radius 3 is 1.93 bits per heavy atom. The van der Waals surface area contributed by atoms with Crippen molar-refractivity contribution in [3.05, 3.63) is 90.5 Å². The van der Waals surface area contributed by atoms with Gasteiger partial charge in [0.15, 0.2) is 0 Å². The molecule has 0 aliphatic rings. The first-order valence-electron chi connectivity index (χ1n) is 8.70. The molecule has 5 heteroatoms. The summed E-state index contributed by atoms with van der Waals surface area (Å²) in [5.74, 6) is 0. The van der Waals surface area contributed by atoms with Gasteiger partial charge in [-0.1, -0.05) is 48.5 Å². The Morgan fingerprint density at radius 2 is 1.37 bits per heavy atom. The van der Waals surface area contributed by atoms with Crippen LogP contribution in [0.1, 0.15) is 19.4 Å². The van der Waals surface area contributed by atoms with E-state index in [0.717, 1.165) is 17.0 Å². The molecule has 0 N–H and O–H groups in total. The van der Waals surface area contributed by atoms with Crippen LogP contribution in [-0.4, -0.2) is 14.1 Å². The zero-order valence-electron chi connectivity index (χ0n) is 15.4. The molecule has 0 saturated carbocycles. The monoisotopic (exact) mass is 378 g/mol. The first-order valence-corrected chi connectivity index (χ1v) is 10.1. The van der Waals surface area contributed by atoms with Crippen molar-refractivity contribution >= 4 is 27.1 Å². The molecule has 0 fully saturated rings. The van der Waals surface area contributed by atoms with Gasteiger partial charge in [0.1, 0.15) is 0 Å². The predicted molar refractivity (Wildman–Crippen MR) is 111 cm³/mol. The van der Waals surface area contributed by atoms with Gasteiger partial charge in [0.25, 0.3) is 10.0 Å². The maximum atomic E-state index is 13.3. The molecule has 0 aliphatic carbocycles. The maximum Gasteiger partial charge on any atom is 0.264 e. The highest BCUT2D eigenvalue weighted by molar-refractivity contribution is 7.92. The highest BCUT2D eigenvalue weighted by Gasteiger charge is 2.25. The number of anilines is 1. The molecule has 0 amide bonds. The van der Waals surface area contributed by atoms with Gasteiger partial charge < -0.3 is 0 Å². The van der Waals surface area contributed by atoms with Gasteiger partial charge in [-0.2, -0.15) is 0 Å². The zero-order chi connectivity index (χ0) is 19.3. The second kappa shape index (κ2) is 8.18. The van der Waals surface area contributed by atoms with Crippen LogP contribution in [0.15, 0.2) is 94.8 Å². The first-order chi connectivity index (χ1) is 13.0. The van der Waals surface area contributed by atoms with Crippen molar-refractivity contribution in [3.8, 4) is 0 Å². The third-order valence-corrected chi connectivity index (χ3v) is 5.78. The van der Waals surface area contributed by atoms with Gasteiger partial charge in [0.05, 0.1) is 22.8 Å². The van der Waals surface area contributed by atoms with Crippen LogP contribution in [0.25, 0.3) is 0 Å². The lowest BCUT2D eigenvalue weighted by atomic mass is 10.2. The van der Waals surface area contributed by atoms with Crippen molar-refractivity contribution in [2.24, 2.45) is 4.99 Å². The summed E-state index contributed by atoms with van der Waals surface area (Å²) in [6.07, 6.45) is 0. The van der Waals surface area contributed by atoms with Crippen molar-refractivity contribution in [2.75, 3.05) is 4.31 Å². The molecule has 27 heavy (non-hydrogen) atoms. The molecule has 4 nitrogen and oxygen atoms in total. The molecule has 0 unspecified atom stereocenters. The summed E-state index contributed by atoms with van der Waals surface area (Å²) >= 11 is 0. The van der Waals surface area contributed by atoms with E-state index in [1.54, 1.807) is 42.5 Å². The topological polar surface area (TPSA) is 49.7 Å². The Bertz CT molecular complexity index is 1010. The second-order valence-corrected chi connectivity index (χ2v) is 8.25. The van der Waals surface area contributed by atoms with Gasteiger partial charge in [-0.3, -0.25) is 9.30 Å². The van der Waals surface area contributed by atoms with E-state index < -0.39 is 10.0 Å². The van der Waals surface area contributed by atoms with Crippen molar-refractivity contribution in [3.63, 3.8) is 0 Å². The van der Waals surface area contributed by atoms with E-state index >= 15 is 0 Å². The number of benzene rings is 3. The second-order valence-electron chi connectivity index (χ2n) is 6.39. The Hall–Kier alpha value is -2.92. The molecular formula is C22H22N2O2S. The van der Waals surface area contributed by atoms with Crippen LogP contribution < -0.4 is 4.31 Å². The molecule has 138 valence electrons. The van der Waals surface area contributed by atoms with Crippen LogP contribution in [0, 0.1) is 0 Å². The van der Waals surface area contributed by atoms with Crippen molar-refractivity contribution in [1.29, 1.82) is 0 Å². The third-order valence-electron chi connectivity index (χ3n) is 3.99. The highest BCUT2D eigenvalue weighted by atomic mass is 32.2. The normalized spacial score (nSPS) is 11.0. The predicted octanol–water partition coefficient (Wildman–Crippen LogP) is 5.19. The summed E-state index contributed by atoms with van der Waals surface area (Å²) in [7, 11) is -3.69. The minimum absolute atomic E-state index is 0.257. The van der Waals surface area contributed by atoms with E-state index in [-0.39, 0.29) is 11.4 Å². The largest absolute Gasteiger partial charge is 0.264 e. The Kier molecular flexibility index (Phi) is 5.72. The van der Waals surface area contributed by atoms with Crippen molar-refractivity contribution in [2.45, 2.75) is 25.3 Å². The van der Waals surface area contributed by atoms with E-state index in [2.05, 4.69) is 4.99 Å². The third kappa shape index (κ3) is 4.63. The van der Waals surface area contributed by atoms with Crippen molar-refractivity contribution < 1.29 is 8.42 Å². The molecule has 0 atom stereocenters. The van der Waals surface area contributed by atoms with Crippen LogP contribution in [0.3, 0.4) is 0 Å². The van der Waals surface area contributed by atoms with E-state index in [9.17, 15) is 8.42 Å². The molecule has 0 bridgehead atoms. The molecule has 0 saturated heterocycles. The Labute approximate surface area is 160 Å². The lowest BCUT2D eigenvalue weighted by Crippen LogP contribution is -2.30. The Morgan fingerprint density at radius 1 is 0.815 bits per heavy atom. The van der Waals surface area contributed by atoms with Crippen LogP contribution in [-0.2, 0) is 16.6 Å². The number of hydrogen-bond acceptors (Lipinski definition) is 3. The summed E-state index contributed by atoms with van der Waals surface area (Å²) in [6, 6.07) is 25.3. The van der Waals surface area contributed by atoms with Crippen LogP contribution in [0.4, 0.5) is 11.4 Å². The number of aliphatic imine (C=N–C) groups is 1.